The van der Waals surface area contributed by atoms with E-state index >= 15 is 0 Å². The van der Waals surface area contributed by atoms with E-state index in [-0.39, 0.29) is 5.54 Å². The quantitative estimate of drug-likeness (QED) is 0.655. The predicted molar refractivity (Wildman–Crippen MR) is 69.3 cm³/mol. The topological polar surface area (TPSA) is 39.1 Å². The first-order valence-electron chi connectivity index (χ1n) is 6.42. The molecule has 0 fully saturated rings. The van der Waals surface area contributed by atoms with E-state index in [4.69, 9.17) is 5.26 Å². The van der Waals surface area contributed by atoms with Crippen molar-refractivity contribution in [2.45, 2.75) is 52.0 Å². The molecular weight excluding hydrogens is 198 g/mol. The molecule has 94 valence electrons. The fourth-order valence-electron chi connectivity index (χ4n) is 1.54. The van der Waals surface area contributed by atoms with Crippen LogP contribution in [0.3, 0.4) is 0 Å². The number of nitrogens with zero attached hydrogens (tertiary/aromatic N) is 2. The van der Waals surface area contributed by atoms with Crippen molar-refractivity contribution < 1.29 is 0 Å². The summed E-state index contributed by atoms with van der Waals surface area (Å²) >= 11 is 0. The summed E-state index contributed by atoms with van der Waals surface area (Å²) in [6.07, 6.45) is 4.43. The van der Waals surface area contributed by atoms with Crippen LogP contribution in [-0.2, 0) is 0 Å². The highest BCUT2D eigenvalue weighted by molar-refractivity contribution is 5.03. The molecular formula is C13H27N3. The Balaban J connectivity index is 3.89. The molecule has 1 N–H and O–H groups in total. The van der Waals surface area contributed by atoms with Gasteiger partial charge in [0.05, 0.1) is 6.07 Å². The SMILES string of the molecule is CCCCN(C)CCC(C)(C#N)NCCC. The maximum absolute atomic E-state index is 9.17. The second kappa shape index (κ2) is 8.55. The van der Waals surface area contributed by atoms with Gasteiger partial charge < -0.3 is 4.90 Å². The molecule has 3 heteroatoms. The number of hydrogen-bond donors (Lipinski definition) is 1. The number of nitrogens with one attached hydrogen (secondary N) is 1. The largest absolute Gasteiger partial charge is 0.306 e. The van der Waals surface area contributed by atoms with Crippen molar-refractivity contribution >= 4 is 0 Å². The van der Waals surface area contributed by atoms with Gasteiger partial charge in [-0.15, -0.1) is 0 Å². The van der Waals surface area contributed by atoms with Gasteiger partial charge >= 0.3 is 0 Å². The molecule has 0 saturated carbocycles. The third-order valence-corrected chi connectivity index (χ3v) is 2.90. The zero-order chi connectivity index (χ0) is 12.4. The fourth-order valence-corrected chi connectivity index (χ4v) is 1.54. The highest BCUT2D eigenvalue weighted by Crippen LogP contribution is 2.09. The van der Waals surface area contributed by atoms with E-state index in [0.29, 0.717) is 0 Å². The predicted octanol–water partition coefficient (Wildman–Crippen LogP) is 2.39. The van der Waals surface area contributed by atoms with Gasteiger partial charge in [0.1, 0.15) is 5.54 Å². The Hall–Kier alpha value is -0.590. The Bertz CT molecular complexity index is 210. The summed E-state index contributed by atoms with van der Waals surface area (Å²) in [4.78, 5) is 2.31. The van der Waals surface area contributed by atoms with Gasteiger partial charge in [0.2, 0.25) is 0 Å². The van der Waals surface area contributed by atoms with Crippen LogP contribution in [0, 0.1) is 11.3 Å². The summed E-state index contributed by atoms with van der Waals surface area (Å²) in [6, 6.07) is 2.39. The molecule has 0 aromatic rings. The highest BCUT2D eigenvalue weighted by atomic mass is 15.1. The van der Waals surface area contributed by atoms with Crippen molar-refractivity contribution in [3.8, 4) is 6.07 Å². The van der Waals surface area contributed by atoms with Gasteiger partial charge in [0, 0.05) is 6.54 Å². The molecule has 0 amide bonds. The van der Waals surface area contributed by atoms with Crippen molar-refractivity contribution in [3.05, 3.63) is 0 Å². The smallest absolute Gasteiger partial charge is 0.105 e. The van der Waals surface area contributed by atoms with E-state index in [1.807, 2.05) is 6.92 Å². The molecule has 0 heterocycles. The highest BCUT2D eigenvalue weighted by Gasteiger charge is 2.22. The van der Waals surface area contributed by atoms with E-state index < -0.39 is 0 Å². The normalized spacial score (nSPS) is 14.8. The minimum absolute atomic E-state index is 0.365. The Morgan fingerprint density at radius 2 is 1.94 bits per heavy atom. The molecule has 0 bridgehead atoms. The Morgan fingerprint density at radius 3 is 2.44 bits per heavy atom. The van der Waals surface area contributed by atoms with Gasteiger partial charge in [0.25, 0.3) is 0 Å². The lowest BCUT2D eigenvalue weighted by molar-refractivity contribution is 0.284. The van der Waals surface area contributed by atoms with Gasteiger partial charge in [-0.2, -0.15) is 5.26 Å². The molecule has 0 aromatic heterocycles. The van der Waals surface area contributed by atoms with Crippen LogP contribution in [-0.4, -0.2) is 37.1 Å². The second-order valence-electron chi connectivity index (χ2n) is 4.78. The van der Waals surface area contributed by atoms with Gasteiger partial charge in [-0.25, -0.2) is 0 Å². The third-order valence-electron chi connectivity index (χ3n) is 2.90. The van der Waals surface area contributed by atoms with E-state index in [1.54, 1.807) is 0 Å². The maximum atomic E-state index is 9.17. The molecule has 0 aliphatic carbocycles. The summed E-state index contributed by atoms with van der Waals surface area (Å²) in [5, 5.41) is 12.5. The van der Waals surface area contributed by atoms with Crippen molar-refractivity contribution in [1.82, 2.24) is 10.2 Å². The number of nitriles is 1. The lowest BCUT2D eigenvalue weighted by Crippen LogP contribution is -2.43. The van der Waals surface area contributed by atoms with Crippen LogP contribution >= 0.6 is 0 Å². The van der Waals surface area contributed by atoms with Crippen LogP contribution in [0.1, 0.15) is 46.5 Å². The van der Waals surface area contributed by atoms with E-state index in [1.165, 1.54) is 12.8 Å². The number of hydrogen-bond acceptors (Lipinski definition) is 3. The van der Waals surface area contributed by atoms with Crippen molar-refractivity contribution in [1.29, 1.82) is 5.26 Å². The molecule has 0 rings (SSSR count). The van der Waals surface area contributed by atoms with Crippen molar-refractivity contribution in [3.63, 3.8) is 0 Å². The lowest BCUT2D eigenvalue weighted by atomic mass is 9.99. The van der Waals surface area contributed by atoms with E-state index in [9.17, 15) is 0 Å². The summed E-state index contributed by atoms with van der Waals surface area (Å²) in [5.74, 6) is 0. The number of unbranched alkanes of at least 4 members (excludes halogenated alkanes) is 1. The van der Waals surface area contributed by atoms with E-state index in [0.717, 1.165) is 32.5 Å². The summed E-state index contributed by atoms with van der Waals surface area (Å²) in [6.45, 7) is 9.36. The first-order valence-corrected chi connectivity index (χ1v) is 6.42. The maximum Gasteiger partial charge on any atom is 0.105 e. The van der Waals surface area contributed by atoms with Crippen LogP contribution in [0.25, 0.3) is 0 Å². The fraction of sp³-hybridized carbons (Fsp3) is 0.923. The van der Waals surface area contributed by atoms with Gasteiger partial charge in [0.15, 0.2) is 0 Å². The minimum atomic E-state index is -0.365. The monoisotopic (exact) mass is 225 g/mol. The van der Waals surface area contributed by atoms with Crippen LogP contribution in [0.5, 0.6) is 0 Å². The molecule has 0 saturated heterocycles. The first kappa shape index (κ1) is 15.4. The third kappa shape index (κ3) is 6.81. The molecule has 0 aliphatic heterocycles. The summed E-state index contributed by atoms with van der Waals surface area (Å²) < 4.78 is 0. The lowest BCUT2D eigenvalue weighted by Gasteiger charge is -2.26. The van der Waals surface area contributed by atoms with Gasteiger partial charge in [-0.05, 0) is 46.3 Å². The summed E-state index contributed by atoms with van der Waals surface area (Å²) in [5.41, 5.74) is -0.365. The second-order valence-corrected chi connectivity index (χ2v) is 4.78. The Labute approximate surface area is 101 Å². The van der Waals surface area contributed by atoms with Gasteiger partial charge in [-0.3, -0.25) is 5.32 Å². The molecule has 0 radical (unpaired) electrons. The van der Waals surface area contributed by atoms with Crippen molar-refractivity contribution in [2.75, 3.05) is 26.7 Å². The Morgan fingerprint density at radius 1 is 1.25 bits per heavy atom. The van der Waals surface area contributed by atoms with Crippen LogP contribution in [0.4, 0.5) is 0 Å². The zero-order valence-electron chi connectivity index (χ0n) is 11.3. The average molecular weight is 225 g/mol. The number of rotatable bonds is 9. The van der Waals surface area contributed by atoms with Crippen molar-refractivity contribution in [2.24, 2.45) is 0 Å². The minimum Gasteiger partial charge on any atom is -0.306 e. The summed E-state index contributed by atoms with van der Waals surface area (Å²) in [7, 11) is 2.13. The Kier molecular flexibility index (Phi) is 8.23. The molecule has 0 aromatic carbocycles. The average Bonchev–Trinajstić information content (AvgIpc) is 2.31. The molecule has 0 aliphatic rings. The van der Waals surface area contributed by atoms with Crippen LogP contribution in [0.15, 0.2) is 0 Å². The molecule has 1 unspecified atom stereocenters. The van der Waals surface area contributed by atoms with Crippen LogP contribution in [0.2, 0.25) is 0 Å². The molecule has 0 spiro atoms. The molecule has 3 nitrogen and oxygen atoms in total. The molecule has 16 heavy (non-hydrogen) atoms. The molecule has 1 atom stereocenters. The van der Waals surface area contributed by atoms with Crippen LogP contribution < -0.4 is 5.32 Å². The zero-order valence-corrected chi connectivity index (χ0v) is 11.3. The standard InChI is InChI=1S/C13H27N3/c1-5-7-10-16(4)11-8-13(3,12-14)15-9-6-2/h15H,5-11H2,1-4H3. The first-order chi connectivity index (χ1) is 7.58. The van der Waals surface area contributed by atoms with E-state index in [2.05, 4.69) is 37.2 Å². The van der Waals surface area contributed by atoms with Gasteiger partial charge in [-0.1, -0.05) is 20.3 Å².